The second-order valence-corrected chi connectivity index (χ2v) is 5.98. The molecule has 0 radical (unpaired) electrons. The van der Waals surface area contributed by atoms with Gasteiger partial charge in [0.05, 0.1) is 15.7 Å². The smallest absolute Gasteiger partial charge is 0.461 e. The molecule has 12 heteroatoms. The van der Waals surface area contributed by atoms with E-state index in [0.717, 1.165) is 21.9 Å². The number of anilines is 1. The van der Waals surface area contributed by atoms with Crippen LogP contribution in [0.15, 0.2) is 12.1 Å². The SMILES string of the molecule is C[C@@H](C(=O)O)N(C)C(=O)N(C)c1cc(OC(F)(F)C(F)F)c(Cl)cc1Cl. The number of rotatable bonds is 6. The van der Waals surface area contributed by atoms with Crippen LogP contribution >= 0.6 is 23.2 Å². The first-order valence-corrected chi connectivity index (χ1v) is 7.62. The number of nitrogens with zero attached hydrogens (tertiary/aromatic N) is 2. The minimum Gasteiger partial charge on any atom is -0.480 e. The van der Waals surface area contributed by atoms with Gasteiger partial charge in [-0.05, 0) is 13.0 Å². The van der Waals surface area contributed by atoms with Crippen molar-refractivity contribution in [2.24, 2.45) is 0 Å². The van der Waals surface area contributed by atoms with E-state index in [1.807, 2.05) is 0 Å². The summed E-state index contributed by atoms with van der Waals surface area (Å²) in [6.45, 7) is 1.25. The van der Waals surface area contributed by atoms with Crippen LogP contribution < -0.4 is 9.64 Å². The van der Waals surface area contributed by atoms with Crippen molar-refractivity contribution < 1.29 is 37.0 Å². The van der Waals surface area contributed by atoms with Gasteiger partial charge >= 0.3 is 24.5 Å². The molecule has 1 N–H and O–H groups in total. The molecular formula is C14H14Cl2F4N2O4. The topological polar surface area (TPSA) is 70.1 Å². The molecule has 0 spiro atoms. The number of ether oxygens (including phenoxy) is 1. The number of likely N-dealkylation sites (N-methyl/N-ethyl adjacent to an activating group) is 1. The Labute approximate surface area is 155 Å². The Morgan fingerprint density at radius 3 is 2.19 bits per heavy atom. The van der Waals surface area contributed by atoms with Gasteiger partial charge in [-0.3, -0.25) is 4.90 Å². The van der Waals surface area contributed by atoms with Crippen LogP contribution in [0.4, 0.5) is 28.0 Å². The van der Waals surface area contributed by atoms with Gasteiger partial charge in [-0.25, -0.2) is 9.59 Å². The molecule has 0 saturated carbocycles. The molecule has 0 aliphatic carbocycles. The van der Waals surface area contributed by atoms with Gasteiger partial charge in [0.25, 0.3) is 0 Å². The summed E-state index contributed by atoms with van der Waals surface area (Å²) in [5.41, 5.74) is -0.203. The fourth-order valence-electron chi connectivity index (χ4n) is 1.72. The van der Waals surface area contributed by atoms with Crippen molar-refractivity contribution in [3.05, 3.63) is 22.2 Å². The highest BCUT2D eigenvalue weighted by Gasteiger charge is 2.44. The molecule has 1 aromatic rings. The molecule has 1 rings (SSSR count). The van der Waals surface area contributed by atoms with E-state index in [0.29, 0.717) is 0 Å². The maximum Gasteiger partial charge on any atom is 0.461 e. The normalized spacial score (nSPS) is 12.7. The lowest BCUT2D eigenvalue weighted by molar-refractivity contribution is -0.253. The molecule has 0 saturated heterocycles. The van der Waals surface area contributed by atoms with E-state index in [4.69, 9.17) is 28.3 Å². The maximum atomic E-state index is 13.1. The predicted octanol–water partition coefficient (Wildman–Crippen LogP) is 4.19. The molecule has 0 fully saturated rings. The lowest BCUT2D eigenvalue weighted by Gasteiger charge is -2.28. The summed E-state index contributed by atoms with van der Waals surface area (Å²) in [5.74, 6) is -2.11. The summed E-state index contributed by atoms with van der Waals surface area (Å²) < 4.78 is 54.8. The van der Waals surface area contributed by atoms with Crippen LogP contribution in [0.2, 0.25) is 10.0 Å². The van der Waals surface area contributed by atoms with E-state index in [1.165, 1.54) is 21.0 Å². The summed E-state index contributed by atoms with van der Waals surface area (Å²) in [5, 5.41) is 8.29. The lowest BCUT2D eigenvalue weighted by atomic mass is 10.2. The van der Waals surface area contributed by atoms with E-state index < -0.39 is 41.3 Å². The Kier molecular flexibility index (Phi) is 6.95. The third kappa shape index (κ3) is 4.82. The minimum atomic E-state index is -4.81. The summed E-state index contributed by atoms with van der Waals surface area (Å²) in [4.78, 5) is 25.0. The molecule has 0 aliphatic rings. The third-order valence-electron chi connectivity index (χ3n) is 3.39. The number of alkyl halides is 4. The summed E-state index contributed by atoms with van der Waals surface area (Å²) in [6.07, 6.45) is -8.93. The van der Waals surface area contributed by atoms with Gasteiger partial charge in [0.15, 0.2) is 0 Å². The number of carboxylic acids is 1. The van der Waals surface area contributed by atoms with Gasteiger partial charge in [-0.15, -0.1) is 0 Å². The van der Waals surface area contributed by atoms with Crippen molar-refractivity contribution in [3.63, 3.8) is 0 Å². The van der Waals surface area contributed by atoms with Crippen molar-refractivity contribution in [2.45, 2.75) is 25.5 Å². The average molecular weight is 421 g/mol. The molecule has 6 nitrogen and oxygen atoms in total. The van der Waals surface area contributed by atoms with E-state index in [1.54, 1.807) is 0 Å². The second kappa shape index (κ2) is 8.17. The molecule has 2 amide bonds. The zero-order valence-electron chi connectivity index (χ0n) is 13.6. The molecule has 0 aliphatic heterocycles. The summed E-state index contributed by atoms with van der Waals surface area (Å²) in [7, 11) is 2.38. The van der Waals surface area contributed by atoms with E-state index in [-0.39, 0.29) is 10.7 Å². The monoisotopic (exact) mass is 420 g/mol. The number of hydrogen-bond donors (Lipinski definition) is 1. The van der Waals surface area contributed by atoms with Crippen molar-refractivity contribution in [3.8, 4) is 5.75 Å². The molecule has 0 bridgehead atoms. The summed E-state index contributed by atoms with van der Waals surface area (Å²) in [6, 6.07) is -0.344. The Morgan fingerprint density at radius 1 is 1.19 bits per heavy atom. The first kappa shape index (κ1) is 22.1. The molecule has 0 aromatic heterocycles. The van der Waals surface area contributed by atoms with Crippen molar-refractivity contribution in [1.29, 1.82) is 0 Å². The van der Waals surface area contributed by atoms with Crippen LogP contribution in [0.25, 0.3) is 0 Å². The Hall–Kier alpha value is -1.94. The van der Waals surface area contributed by atoms with Crippen molar-refractivity contribution in [1.82, 2.24) is 4.90 Å². The molecule has 146 valence electrons. The lowest BCUT2D eigenvalue weighted by Crippen LogP contribution is -2.46. The molecular weight excluding hydrogens is 407 g/mol. The van der Waals surface area contributed by atoms with Gasteiger partial charge in [-0.2, -0.15) is 17.6 Å². The maximum absolute atomic E-state index is 13.1. The Balaban J connectivity index is 3.22. The van der Waals surface area contributed by atoms with Gasteiger partial charge in [0, 0.05) is 20.2 Å². The summed E-state index contributed by atoms with van der Waals surface area (Å²) >= 11 is 11.6. The van der Waals surface area contributed by atoms with Gasteiger partial charge in [0.2, 0.25) is 0 Å². The molecule has 0 unspecified atom stereocenters. The number of carbonyl (C=O) groups excluding carboxylic acids is 1. The number of urea groups is 1. The number of carbonyl (C=O) groups is 2. The third-order valence-corrected chi connectivity index (χ3v) is 3.99. The Morgan fingerprint density at radius 2 is 1.73 bits per heavy atom. The number of benzene rings is 1. The van der Waals surface area contributed by atoms with Crippen LogP contribution in [0.3, 0.4) is 0 Å². The minimum absolute atomic E-state index is 0.171. The second-order valence-electron chi connectivity index (χ2n) is 5.17. The van der Waals surface area contributed by atoms with Crippen molar-refractivity contribution >= 4 is 40.9 Å². The van der Waals surface area contributed by atoms with Crippen LogP contribution in [0, 0.1) is 0 Å². The zero-order valence-corrected chi connectivity index (χ0v) is 15.2. The molecule has 26 heavy (non-hydrogen) atoms. The molecule has 1 atom stereocenters. The van der Waals surface area contributed by atoms with E-state index in [9.17, 15) is 27.2 Å². The first-order valence-electron chi connectivity index (χ1n) is 6.87. The standard InChI is InChI=1S/C14H14Cl2F4N2O4/c1-6(11(23)24)21(2)13(25)22(3)9-5-10(8(16)4-7(9)15)26-14(19,20)12(17)18/h4-6,12H,1-3H3,(H,23,24)/t6-/m0/s1. The fraction of sp³-hybridized carbons (Fsp3) is 0.429. The number of carboxylic acid groups (broad SMARTS) is 1. The fourth-order valence-corrected chi connectivity index (χ4v) is 2.26. The van der Waals surface area contributed by atoms with Gasteiger partial charge < -0.3 is 14.7 Å². The first-order chi connectivity index (χ1) is 11.8. The number of amides is 2. The quantitative estimate of drug-likeness (QED) is 0.700. The molecule has 1 aromatic carbocycles. The highest BCUT2D eigenvalue weighted by molar-refractivity contribution is 6.37. The van der Waals surface area contributed by atoms with Gasteiger partial charge in [-0.1, -0.05) is 23.2 Å². The average Bonchev–Trinajstić information content (AvgIpc) is 2.54. The van der Waals surface area contributed by atoms with E-state index >= 15 is 0 Å². The van der Waals surface area contributed by atoms with Crippen LogP contribution in [0.1, 0.15) is 6.92 Å². The van der Waals surface area contributed by atoms with Crippen LogP contribution in [-0.2, 0) is 4.79 Å². The number of halogens is 6. The van der Waals surface area contributed by atoms with E-state index in [2.05, 4.69) is 4.74 Å². The van der Waals surface area contributed by atoms with Crippen LogP contribution in [-0.4, -0.2) is 54.7 Å². The van der Waals surface area contributed by atoms with Crippen molar-refractivity contribution in [2.75, 3.05) is 19.0 Å². The zero-order chi connectivity index (χ0) is 20.4. The van der Waals surface area contributed by atoms with Gasteiger partial charge in [0.1, 0.15) is 11.8 Å². The predicted molar refractivity (Wildman–Crippen MR) is 86.7 cm³/mol. The largest absolute Gasteiger partial charge is 0.480 e. The highest BCUT2D eigenvalue weighted by Crippen LogP contribution is 2.39. The highest BCUT2D eigenvalue weighted by atomic mass is 35.5. The number of hydrogen-bond acceptors (Lipinski definition) is 3. The van der Waals surface area contributed by atoms with Crippen LogP contribution in [0.5, 0.6) is 5.75 Å². The Bertz CT molecular complexity index is 706. The number of aliphatic carboxylic acids is 1. The molecule has 0 heterocycles.